The molecule has 1 aliphatic rings. The standard InChI is InChI=1S/C16H19NO/c1-13-5-10-16(18-13)14-6-8-15(9-7-14)17-11-3-2-4-12-17/h5-10H,2-4,11-12H2,1H3. The average molecular weight is 241 g/mol. The first-order valence-electron chi connectivity index (χ1n) is 6.75. The molecule has 0 atom stereocenters. The highest BCUT2D eigenvalue weighted by Crippen LogP contribution is 2.26. The zero-order valence-corrected chi connectivity index (χ0v) is 10.9. The maximum absolute atomic E-state index is 5.64. The van der Waals surface area contributed by atoms with Crippen LogP contribution in [0.1, 0.15) is 25.0 Å². The third-order valence-electron chi connectivity index (χ3n) is 3.61. The van der Waals surface area contributed by atoms with Gasteiger partial charge in [-0.3, -0.25) is 0 Å². The number of benzene rings is 1. The van der Waals surface area contributed by atoms with Crippen molar-refractivity contribution in [2.24, 2.45) is 0 Å². The number of hydrogen-bond donors (Lipinski definition) is 0. The topological polar surface area (TPSA) is 16.4 Å². The Morgan fingerprint density at radius 3 is 2.22 bits per heavy atom. The number of furan rings is 1. The summed E-state index contributed by atoms with van der Waals surface area (Å²) in [5.41, 5.74) is 2.49. The van der Waals surface area contributed by atoms with Crippen LogP contribution in [0.2, 0.25) is 0 Å². The van der Waals surface area contributed by atoms with Crippen LogP contribution in [-0.2, 0) is 0 Å². The van der Waals surface area contributed by atoms with Crippen LogP contribution >= 0.6 is 0 Å². The van der Waals surface area contributed by atoms with Gasteiger partial charge in [-0.05, 0) is 62.6 Å². The SMILES string of the molecule is Cc1ccc(-c2ccc(N3CCCCC3)cc2)o1. The molecule has 1 aromatic heterocycles. The van der Waals surface area contributed by atoms with Gasteiger partial charge in [-0.25, -0.2) is 0 Å². The lowest BCUT2D eigenvalue weighted by Crippen LogP contribution is -2.29. The maximum atomic E-state index is 5.64. The zero-order chi connectivity index (χ0) is 12.4. The third-order valence-corrected chi connectivity index (χ3v) is 3.61. The number of hydrogen-bond acceptors (Lipinski definition) is 2. The van der Waals surface area contributed by atoms with E-state index in [-0.39, 0.29) is 0 Å². The Kier molecular flexibility index (Phi) is 3.09. The fourth-order valence-corrected chi connectivity index (χ4v) is 2.58. The van der Waals surface area contributed by atoms with Crippen molar-refractivity contribution in [1.82, 2.24) is 0 Å². The molecule has 0 amide bonds. The first-order chi connectivity index (χ1) is 8.83. The summed E-state index contributed by atoms with van der Waals surface area (Å²) in [5.74, 6) is 1.92. The molecule has 1 saturated heterocycles. The van der Waals surface area contributed by atoms with Crippen molar-refractivity contribution < 1.29 is 4.42 Å². The lowest BCUT2D eigenvalue weighted by atomic mass is 10.1. The quantitative estimate of drug-likeness (QED) is 0.781. The van der Waals surface area contributed by atoms with Crippen molar-refractivity contribution in [3.63, 3.8) is 0 Å². The summed E-state index contributed by atoms with van der Waals surface area (Å²) in [6.07, 6.45) is 4.01. The largest absolute Gasteiger partial charge is 0.461 e. The fourth-order valence-electron chi connectivity index (χ4n) is 2.58. The van der Waals surface area contributed by atoms with E-state index in [0.717, 1.165) is 17.1 Å². The van der Waals surface area contributed by atoms with Crippen molar-refractivity contribution in [3.05, 3.63) is 42.2 Å². The minimum atomic E-state index is 0.956. The summed E-state index contributed by atoms with van der Waals surface area (Å²) in [6.45, 7) is 4.37. The van der Waals surface area contributed by atoms with Crippen molar-refractivity contribution >= 4 is 5.69 Å². The Balaban J connectivity index is 1.80. The van der Waals surface area contributed by atoms with Gasteiger partial charge in [0.1, 0.15) is 11.5 Å². The minimum Gasteiger partial charge on any atom is -0.461 e. The highest BCUT2D eigenvalue weighted by molar-refractivity contribution is 5.62. The average Bonchev–Trinajstić information content (AvgIpc) is 2.87. The molecule has 1 fully saturated rings. The molecule has 0 spiro atoms. The van der Waals surface area contributed by atoms with E-state index in [1.807, 2.05) is 19.1 Å². The second kappa shape index (κ2) is 4.89. The minimum absolute atomic E-state index is 0.956. The molecule has 94 valence electrons. The summed E-state index contributed by atoms with van der Waals surface area (Å²) in [7, 11) is 0. The molecule has 0 aliphatic carbocycles. The summed E-state index contributed by atoms with van der Waals surface area (Å²) in [4.78, 5) is 2.47. The number of nitrogens with zero attached hydrogens (tertiary/aromatic N) is 1. The second-order valence-electron chi connectivity index (χ2n) is 5.00. The van der Waals surface area contributed by atoms with Crippen molar-refractivity contribution in [1.29, 1.82) is 0 Å². The summed E-state index contributed by atoms with van der Waals surface area (Å²) < 4.78 is 5.64. The smallest absolute Gasteiger partial charge is 0.134 e. The predicted octanol–water partition coefficient (Wildman–Crippen LogP) is 4.25. The Morgan fingerprint density at radius 2 is 1.61 bits per heavy atom. The van der Waals surface area contributed by atoms with E-state index in [0.29, 0.717) is 0 Å². The third kappa shape index (κ3) is 2.28. The molecule has 0 saturated carbocycles. The zero-order valence-electron chi connectivity index (χ0n) is 10.9. The van der Waals surface area contributed by atoms with Gasteiger partial charge in [0.05, 0.1) is 0 Å². The van der Waals surface area contributed by atoms with Crippen LogP contribution in [0.4, 0.5) is 5.69 Å². The van der Waals surface area contributed by atoms with Gasteiger partial charge in [-0.15, -0.1) is 0 Å². The molecule has 3 rings (SSSR count). The molecule has 0 N–H and O–H groups in total. The molecule has 1 aromatic carbocycles. The van der Waals surface area contributed by atoms with Crippen molar-refractivity contribution in [2.45, 2.75) is 26.2 Å². The number of rotatable bonds is 2. The van der Waals surface area contributed by atoms with Crippen LogP contribution in [0.25, 0.3) is 11.3 Å². The molecule has 18 heavy (non-hydrogen) atoms. The predicted molar refractivity (Wildman–Crippen MR) is 74.9 cm³/mol. The van der Waals surface area contributed by atoms with Gasteiger partial charge in [0.15, 0.2) is 0 Å². The fraction of sp³-hybridized carbons (Fsp3) is 0.375. The van der Waals surface area contributed by atoms with Gasteiger partial charge in [0.25, 0.3) is 0 Å². The molecule has 2 heterocycles. The van der Waals surface area contributed by atoms with E-state index in [1.165, 1.54) is 38.0 Å². The number of aryl methyl sites for hydroxylation is 1. The van der Waals surface area contributed by atoms with Gasteiger partial charge >= 0.3 is 0 Å². The van der Waals surface area contributed by atoms with Gasteiger partial charge in [-0.2, -0.15) is 0 Å². The molecule has 0 radical (unpaired) electrons. The summed E-state index contributed by atoms with van der Waals surface area (Å²) >= 11 is 0. The van der Waals surface area contributed by atoms with E-state index < -0.39 is 0 Å². The summed E-state index contributed by atoms with van der Waals surface area (Å²) in [6, 6.07) is 12.8. The maximum Gasteiger partial charge on any atom is 0.134 e. The van der Waals surface area contributed by atoms with Crippen LogP contribution in [0.15, 0.2) is 40.8 Å². The molecule has 0 unspecified atom stereocenters. The van der Waals surface area contributed by atoms with Gasteiger partial charge in [0, 0.05) is 24.3 Å². The van der Waals surface area contributed by atoms with Crippen molar-refractivity contribution in [2.75, 3.05) is 18.0 Å². The van der Waals surface area contributed by atoms with Crippen molar-refractivity contribution in [3.8, 4) is 11.3 Å². The lowest BCUT2D eigenvalue weighted by molar-refractivity contribution is 0.548. The van der Waals surface area contributed by atoms with Crippen LogP contribution in [0, 0.1) is 6.92 Å². The molecule has 2 heteroatoms. The van der Waals surface area contributed by atoms with Gasteiger partial charge in [-0.1, -0.05) is 0 Å². The van der Waals surface area contributed by atoms with Crippen LogP contribution in [0.5, 0.6) is 0 Å². The van der Waals surface area contributed by atoms with E-state index in [1.54, 1.807) is 0 Å². The molecule has 2 nitrogen and oxygen atoms in total. The molecule has 2 aromatic rings. The molecule has 0 bridgehead atoms. The number of piperidine rings is 1. The van der Waals surface area contributed by atoms with E-state index in [4.69, 9.17) is 4.42 Å². The number of anilines is 1. The lowest BCUT2D eigenvalue weighted by Gasteiger charge is -2.28. The molecular weight excluding hydrogens is 222 g/mol. The van der Waals surface area contributed by atoms with Gasteiger partial charge in [0.2, 0.25) is 0 Å². The normalized spacial score (nSPS) is 15.9. The Bertz CT molecular complexity index is 506. The summed E-state index contributed by atoms with van der Waals surface area (Å²) in [5, 5.41) is 0. The highest BCUT2D eigenvalue weighted by atomic mass is 16.3. The second-order valence-corrected chi connectivity index (χ2v) is 5.00. The van der Waals surface area contributed by atoms with E-state index in [9.17, 15) is 0 Å². The van der Waals surface area contributed by atoms with Crippen LogP contribution in [-0.4, -0.2) is 13.1 Å². The molecular formula is C16H19NO. The first kappa shape index (κ1) is 11.4. The Morgan fingerprint density at radius 1 is 0.889 bits per heavy atom. The van der Waals surface area contributed by atoms with E-state index >= 15 is 0 Å². The van der Waals surface area contributed by atoms with Gasteiger partial charge < -0.3 is 9.32 Å². The Labute approximate surface area is 108 Å². The Hall–Kier alpha value is -1.70. The molecule has 1 aliphatic heterocycles. The first-order valence-corrected chi connectivity index (χ1v) is 6.75. The van der Waals surface area contributed by atoms with Crippen LogP contribution < -0.4 is 4.90 Å². The van der Waals surface area contributed by atoms with E-state index in [2.05, 4.69) is 29.2 Å². The monoisotopic (exact) mass is 241 g/mol. The van der Waals surface area contributed by atoms with Crippen LogP contribution in [0.3, 0.4) is 0 Å². The highest BCUT2D eigenvalue weighted by Gasteiger charge is 2.11.